The van der Waals surface area contributed by atoms with Crippen LogP contribution in [-0.2, 0) is 0 Å². The molecule has 0 spiro atoms. The molecule has 1 heterocycles. The number of aromatic nitrogens is 1. The first kappa shape index (κ1) is 19.2. The van der Waals surface area contributed by atoms with Gasteiger partial charge in [-0.15, -0.1) is 0 Å². The monoisotopic (exact) mass is 363 g/mol. The van der Waals surface area contributed by atoms with Crippen LogP contribution in [0.3, 0.4) is 0 Å². The maximum Gasteiger partial charge on any atom is 0.116 e. The Morgan fingerprint density at radius 1 is 0.769 bits per heavy atom. The van der Waals surface area contributed by atoms with Crippen LogP contribution < -0.4 is 5.46 Å². The molecule has 0 atom stereocenters. The highest BCUT2D eigenvalue weighted by molar-refractivity contribution is 8.33. The molecular weight excluding hydrogens is 333 g/mol. The third-order valence-corrected chi connectivity index (χ3v) is 11.0. The summed E-state index contributed by atoms with van der Waals surface area (Å²) < 4.78 is 2.56. The topological polar surface area (TPSA) is 4.93 Å². The Hall–Kier alpha value is -1.61. The molecule has 1 nitrogen and oxygen atoms in total. The first-order valence-corrected chi connectivity index (χ1v) is 11.3. The lowest BCUT2D eigenvalue weighted by Gasteiger charge is -2.52. The quantitative estimate of drug-likeness (QED) is 0.498. The van der Waals surface area contributed by atoms with E-state index in [1.165, 1.54) is 22.0 Å². The van der Waals surface area contributed by atoms with E-state index in [-0.39, 0.29) is 0 Å². The SMILES string of the molecule is [B]c1cn(S(C(C)C)(C(C)C)C(C)C)c2cc(-c3ccccc3)ccc12. The second kappa shape index (κ2) is 7.19. The Labute approximate surface area is 161 Å². The highest BCUT2D eigenvalue weighted by Gasteiger charge is 2.37. The minimum absolute atomic E-state index is 0.581. The summed E-state index contributed by atoms with van der Waals surface area (Å²) >= 11 is 0. The van der Waals surface area contributed by atoms with Gasteiger partial charge in [-0.1, -0.05) is 89.5 Å². The van der Waals surface area contributed by atoms with E-state index in [0.29, 0.717) is 15.7 Å². The van der Waals surface area contributed by atoms with Crippen LogP contribution in [0.5, 0.6) is 0 Å². The van der Waals surface area contributed by atoms with Gasteiger partial charge in [-0.05, 0) is 22.6 Å². The Bertz CT molecular complexity index is 871. The second-order valence-electron chi connectivity index (χ2n) is 7.88. The van der Waals surface area contributed by atoms with E-state index in [0.717, 1.165) is 5.46 Å². The van der Waals surface area contributed by atoms with Gasteiger partial charge in [0.15, 0.2) is 0 Å². The minimum Gasteiger partial charge on any atom is -0.310 e. The zero-order valence-electron chi connectivity index (χ0n) is 16.9. The molecular formula is C23H30BNS. The maximum absolute atomic E-state index is 6.46. The molecule has 3 aromatic rings. The molecule has 2 radical (unpaired) electrons. The van der Waals surface area contributed by atoms with Crippen LogP contribution in [0.4, 0.5) is 0 Å². The lowest BCUT2D eigenvalue weighted by Crippen LogP contribution is -2.34. The van der Waals surface area contributed by atoms with Gasteiger partial charge in [-0.3, -0.25) is 0 Å². The summed E-state index contributed by atoms with van der Waals surface area (Å²) in [6.45, 7) is 14.2. The van der Waals surface area contributed by atoms with Crippen LogP contribution in [0.25, 0.3) is 22.0 Å². The molecule has 2 aromatic carbocycles. The molecule has 0 saturated heterocycles. The van der Waals surface area contributed by atoms with E-state index >= 15 is 0 Å². The molecule has 0 bridgehead atoms. The van der Waals surface area contributed by atoms with Crippen molar-refractivity contribution in [2.45, 2.75) is 57.3 Å². The maximum atomic E-state index is 6.46. The predicted molar refractivity (Wildman–Crippen MR) is 121 cm³/mol. The molecule has 0 aliphatic heterocycles. The summed E-state index contributed by atoms with van der Waals surface area (Å²) in [5.41, 5.74) is 4.66. The highest BCUT2D eigenvalue weighted by Crippen LogP contribution is 2.62. The number of nitrogens with zero attached hydrogens (tertiary/aromatic N) is 1. The van der Waals surface area contributed by atoms with Gasteiger partial charge in [0.2, 0.25) is 0 Å². The summed E-state index contributed by atoms with van der Waals surface area (Å²) in [6, 6.07) is 17.3. The van der Waals surface area contributed by atoms with E-state index in [1.807, 2.05) is 0 Å². The third-order valence-electron chi connectivity index (χ3n) is 5.52. The van der Waals surface area contributed by atoms with E-state index in [4.69, 9.17) is 7.85 Å². The van der Waals surface area contributed by atoms with Crippen molar-refractivity contribution in [3.05, 3.63) is 54.7 Å². The number of rotatable bonds is 5. The van der Waals surface area contributed by atoms with E-state index in [1.54, 1.807) is 0 Å². The molecule has 1 aromatic heterocycles. The highest BCUT2D eigenvalue weighted by atomic mass is 32.3. The van der Waals surface area contributed by atoms with Gasteiger partial charge in [0, 0.05) is 21.9 Å². The summed E-state index contributed by atoms with van der Waals surface area (Å²) in [5, 5.41) is 2.91. The smallest absolute Gasteiger partial charge is 0.116 e. The van der Waals surface area contributed by atoms with Crippen molar-refractivity contribution in [1.82, 2.24) is 3.97 Å². The summed E-state index contributed by atoms with van der Waals surface area (Å²) in [5.74, 6) is 0. The number of hydrogen-bond acceptors (Lipinski definition) is 0. The fourth-order valence-electron chi connectivity index (χ4n) is 4.61. The molecule has 26 heavy (non-hydrogen) atoms. The van der Waals surface area contributed by atoms with Crippen molar-refractivity contribution < 1.29 is 0 Å². The van der Waals surface area contributed by atoms with Crippen LogP contribution >= 0.6 is 10.2 Å². The molecule has 0 fully saturated rings. The van der Waals surface area contributed by atoms with Crippen molar-refractivity contribution in [1.29, 1.82) is 0 Å². The molecule has 3 heteroatoms. The Balaban J connectivity index is 2.32. The molecule has 136 valence electrons. The molecule has 0 aliphatic carbocycles. The molecule has 0 saturated carbocycles. The lowest BCUT2D eigenvalue weighted by atomic mass is 9.94. The van der Waals surface area contributed by atoms with Crippen molar-refractivity contribution in [2.75, 3.05) is 0 Å². The Morgan fingerprint density at radius 3 is 1.88 bits per heavy atom. The van der Waals surface area contributed by atoms with Gasteiger partial charge in [0.25, 0.3) is 0 Å². The predicted octanol–water partition coefficient (Wildman–Crippen LogP) is 5.90. The van der Waals surface area contributed by atoms with Crippen LogP contribution in [0, 0.1) is 0 Å². The molecule has 0 unspecified atom stereocenters. The van der Waals surface area contributed by atoms with Crippen molar-refractivity contribution in [3.8, 4) is 11.1 Å². The minimum atomic E-state index is -1.09. The molecule has 0 aliphatic rings. The van der Waals surface area contributed by atoms with Gasteiger partial charge < -0.3 is 3.97 Å². The Kier molecular flexibility index (Phi) is 5.30. The van der Waals surface area contributed by atoms with Crippen LogP contribution in [0.15, 0.2) is 54.7 Å². The van der Waals surface area contributed by atoms with E-state index in [9.17, 15) is 0 Å². The van der Waals surface area contributed by atoms with E-state index < -0.39 is 10.2 Å². The summed E-state index contributed by atoms with van der Waals surface area (Å²) in [4.78, 5) is 0. The first-order valence-electron chi connectivity index (χ1n) is 9.56. The third kappa shape index (κ3) is 2.91. The molecule has 0 N–H and O–H groups in total. The van der Waals surface area contributed by atoms with Crippen molar-refractivity contribution in [2.24, 2.45) is 0 Å². The average molecular weight is 363 g/mol. The normalized spacial score (nSPS) is 13.3. The average Bonchev–Trinajstić information content (AvgIpc) is 2.92. The largest absolute Gasteiger partial charge is 0.310 e. The second-order valence-corrected chi connectivity index (χ2v) is 12.5. The molecule has 0 amide bonds. The van der Waals surface area contributed by atoms with Crippen molar-refractivity contribution >= 4 is 34.4 Å². The van der Waals surface area contributed by atoms with Gasteiger partial charge in [0.1, 0.15) is 7.85 Å². The van der Waals surface area contributed by atoms with Crippen LogP contribution in [0.1, 0.15) is 41.5 Å². The zero-order chi connectivity index (χ0) is 19.1. The Morgan fingerprint density at radius 2 is 1.35 bits per heavy atom. The zero-order valence-corrected chi connectivity index (χ0v) is 17.7. The summed E-state index contributed by atoms with van der Waals surface area (Å²) in [6.07, 6.45) is 2.20. The van der Waals surface area contributed by atoms with Gasteiger partial charge >= 0.3 is 0 Å². The van der Waals surface area contributed by atoms with Crippen molar-refractivity contribution in [3.63, 3.8) is 0 Å². The molecule has 3 rings (SSSR count). The first-order chi connectivity index (χ1) is 12.3. The lowest BCUT2D eigenvalue weighted by molar-refractivity contribution is 0.915. The standard InChI is InChI=1S/C23H30BNS/c1-16(2)26(17(3)4,18(5)6)25-15-22(24)21-13-12-20(14-23(21)25)19-10-8-7-9-11-19/h7-18H,1-6H3. The number of hydrogen-bond donors (Lipinski definition) is 0. The van der Waals surface area contributed by atoms with Gasteiger partial charge in [-0.2, -0.15) is 10.2 Å². The number of benzene rings is 2. The van der Waals surface area contributed by atoms with Crippen LogP contribution in [-0.4, -0.2) is 27.6 Å². The van der Waals surface area contributed by atoms with E-state index in [2.05, 4.69) is 100 Å². The summed E-state index contributed by atoms with van der Waals surface area (Å²) in [7, 11) is 5.36. The fraction of sp³-hybridized carbons (Fsp3) is 0.391. The van der Waals surface area contributed by atoms with Gasteiger partial charge in [-0.25, -0.2) is 0 Å². The number of fused-ring (bicyclic) bond motifs is 1. The van der Waals surface area contributed by atoms with Gasteiger partial charge in [0.05, 0.1) is 5.52 Å². The van der Waals surface area contributed by atoms with Crippen LogP contribution in [0.2, 0.25) is 0 Å². The fourth-order valence-corrected chi connectivity index (χ4v) is 10.0.